The number of hydrogen-bond donors (Lipinski definition) is 4. The Labute approximate surface area is 230 Å². The van der Waals surface area contributed by atoms with Crippen LogP contribution in [-0.4, -0.2) is 72.5 Å². The van der Waals surface area contributed by atoms with Crippen LogP contribution in [0.3, 0.4) is 0 Å². The smallest absolute Gasteiger partial charge is 0.263 e. The largest absolute Gasteiger partial charge is 0.495 e. The Kier molecular flexibility index (Phi) is 7.66. The average Bonchev–Trinajstić information content (AvgIpc) is 3.67. The van der Waals surface area contributed by atoms with Gasteiger partial charge in [0.05, 0.1) is 30.4 Å². The number of likely N-dealkylation sites (N-methyl/N-ethyl adjacent to an activating group) is 1. The summed E-state index contributed by atoms with van der Waals surface area (Å²) >= 11 is 1.35. The van der Waals surface area contributed by atoms with Crippen molar-refractivity contribution in [3.05, 3.63) is 46.3 Å². The summed E-state index contributed by atoms with van der Waals surface area (Å²) in [6.07, 6.45) is 3.55. The number of anilines is 5. The molecule has 4 N–H and O–H groups in total. The van der Waals surface area contributed by atoms with Gasteiger partial charge in [-0.05, 0) is 61.6 Å². The van der Waals surface area contributed by atoms with Crippen LogP contribution in [0.15, 0.2) is 35.8 Å². The molecular weight excluding hydrogens is 516 g/mol. The van der Waals surface area contributed by atoms with E-state index in [1.807, 2.05) is 46.5 Å². The lowest BCUT2D eigenvalue weighted by molar-refractivity contribution is -0.119. The molecule has 1 aliphatic rings. The van der Waals surface area contributed by atoms with Crippen LogP contribution < -0.4 is 25.6 Å². The van der Waals surface area contributed by atoms with Crippen LogP contribution in [0.4, 0.5) is 28.8 Å². The third kappa shape index (κ3) is 5.38. The van der Waals surface area contributed by atoms with Gasteiger partial charge < -0.3 is 30.6 Å². The number of aromatic amines is 1. The van der Waals surface area contributed by atoms with Crippen molar-refractivity contribution in [3.63, 3.8) is 0 Å². The molecule has 0 bridgehead atoms. The summed E-state index contributed by atoms with van der Waals surface area (Å²) in [5, 5.41) is 11.9. The number of H-pyrrole nitrogens is 1. The van der Waals surface area contributed by atoms with Crippen molar-refractivity contribution >= 4 is 63.0 Å². The number of hydrogen-bond acceptors (Lipinski definition) is 9. The molecule has 12 heteroatoms. The number of amides is 2. The number of nitrogens with one attached hydrogen (secondary N) is 4. The van der Waals surface area contributed by atoms with E-state index in [1.165, 1.54) is 11.3 Å². The topological polar surface area (TPSA) is 128 Å². The second-order valence-corrected chi connectivity index (χ2v) is 10.3. The van der Waals surface area contributed by atoms with Gasteiger partial charge >= 0.3 is 0 Å². The Hall–Kier alpha value is -4.16. The Morgan fingerprint density at radius 2 is 2.05 bits per heavy atom. The van der Waals surface area contributed by atoms with Gasteiger partial charge in [0.1, 0.15) is 22.1 Å². The standard InChI is InChI=1S/C27H32N8O3S/c1-5-10-34(3)15-22(36)35-11-7-16-13-21(38-4)19(14-20(16)35)31-27-32-24-17(6-9-29-24)25(33-27)30-18-8-12-39-23(18)26(37)28-2/h6,8-9,12-14H,5,7,10-11,15H2,1-4H3,(H,28,37)(H3,29,30,31,32,33). The molecule has 0 atom stereocenters. The highest BCUT2D eigenvalue weighted by Gasteiger charge is 2.27. The summed E-state index contributed by atoms with van der Waals surface area (Å²) in [6, 6.07) is 7.61. The lowest BCUT2D eigenvalue weighted by atomic mass is 10.1. The molecule has 39 heavy (non-hydrogen) atoms. The molecule has 2 amide bonds. The van der Waals surface area contributed by atoms with E-state index in [4.69, 9.17) is 9.72 Å². The minimum absolute atomic E-state index is 0.0686. The lowest BCUT2D eigenvalue weighted by Crippen LogP contribution is -2.38. The van der Waals surface area contributed by atoms with E-state index >= 15 is 0 Å². The fraction of sp³-hybridized carbons (Fsp3) is 0.333. The third-order valence-corrected chi connectivity index (χ3v) is 7.53. The molecule has 0 fully saturated rings. The molecule has 0 unspecified atom stereocenters. The molecule has 0 radical (unpaired) electrons. The zero-order valence-corrected chi connectivity index (χ0v) is 23.2. The highest BCUT2D eigenvalue weighted by molar-refractivity contribution is 7.12. The first-order valence-electron chi connectivity index (χ1n) is 12.8. The summed E-state index contributed by atoms with van der Waals surface area (Å²) < 4.78 is 5.68. The Morgan fingerprint density at radius 1 is 1.21 bits per heavy atom. The fourth-order valence-electron chi connectivity index (χ4n) is 4.75. The first kappa shape index (κ1) is 26.4. The molecule has 1 aromatic carbocycles. The summed E-state index contributed by atoms with van der Waals surface area (Å²) in [7, 11) is 5.18. The molecule has 0 aliphatic carbocycles. The number of aromatic nitrogens is 3. The highest BCUT2D eigenvalue weighted by atomic mass is 32.1. The Balaban J connectivity index is 1.46. The number of carbonyl (C=O) groups excluding carboxylic acids is 2. The number of nitrogens with zero attached hydrogens (tertiary/aromatic N) is 4. The van der Waals surface area contributed by atoms with Crippen molar-refractivity contribution in [2.45, 2.75) is 19.8 Å². The fourth-order valence-corrected chi connectivity index (χ4v) is 5.55. The van der Waals surface area contributed by atoms with Gasteiger partial charge in [-0.1, -0.05) is 6.92 Å². The van der Waals surface area contributed by atoms with Gasteiger partial charge in [-0.15, -0.1) is 11.3 Å². The maximum Gasteiger partial charge on any atom is 0.263 e. The van der Waals surface area contributed by atoms with Gasteiger partial charge in [-0.25, -0.2) is 0 Å². The van der Waals surface area contributed by atoms with Gasteiger partial charge in [0.25, 0.3) is 5.91 Å². The molecule has 5 rings (SSSR count). The number of methoxy groups -OCH3 is 1. The number of thiophene rings is 1. The zero-order chi connectivity index (χ0) is 27.5. The van der Waals surface area contributed by atoms with E-state index in [1.54, 1.807) is 20.4 Å². The van der Waals surface area contributed by atoms with E-state index in [0.717, 1.165) is 36.0 Å². The summed E-state index contributed by atoms with van der Waals surface area (Å²) in [5.74, 6) is 1.41. The quantitative estimate of drug-likeness (QED) is 0.233. The van der Waals surface area contributed by atoms with E-state index in [0.29, 0.717) is 52.5 Å². The lowest BCUT2D eigenvalue weighted by Gasteiger charge is -2.22. The number of ether oxygens (including phenoxy) is 1. The van der Waals surface area contributed by atoms with Gasteiger partial charge in [-0.2, -0.15) is 9.97 Å². The normalized spacial score (nSPS) is 12.6. The van der Waals surface area contributed by atoms with E-state index in [9.17, 15) is 9.59 Å². The van der Waals surface area contributed by atoms with Crippen LogP contribution in [0.25, 0.3) is 11.0 Å². The number of benzene rings is 1. The minimum Gasteiger partial charge on any atom is -0.495 e. The van der Waals surface area contributed by atoms with Gasteiger partial charge in [0.2, 0.25) is 11.9 Å². The van der Waals surface area contributed by atoms with Crippen molar-refractivity contribution in [2.75, 3.05) is 56.4 Å². The summed E-state index contributed by atoms with van der Waals surface area (Å²) in [4.78, 5) is 42.3. The van der Waals surface area contributed by atoms with Gasteiger partial charge in [-0.3, -0.25) is 14.5 Å². The van der Waals surface area contributed by atoms with Crippen molar-refractivity contribution in [2.24, 2.45) is 0 Å². The van der Waals surface area contributed by atoms with Crippen molar-refractivity contribution in [1.82, 2.24) is 25.2 Å². The van der Waals surface area contributed by atoms with Gasteiger partial charge in [0.15, 0.2) is 0 Å². The van der Waals surface area contributed by atoms with Crippen LogP contribution in [0, 0.1) is 0 Å². The monoisotopic (exact) mass is 548 g/mol. The minimum atomic E-state index is -0.173. The predicted molar refractivity (Wildman–Crippen MR) is 155 cm³/mol. The molecule has 204 valence electrons. The SMILES string of the molecule is CCCN(C)CC(=O)N1CCc2cc(OC)c(Nc3nc(Nc4ccsc4C(=O)NC)c4cc[nH]c4n3)cc21. The zero-order valence-electron chi connectivity index (χ0n) is 22.4. The van der Waals surface area contributed by atoms with E-state index in [-0.39, 0.29) is 11.8 Å². The molecular formula is C27H32N8O3S. The molecule has 11 nitrogen and oxygen atoms in total. The third-order valence-electron chi connectivity index (χ3n) is 6.62. The summed E-state index contributed by atoms with van der Waals surface area (Å²) in [6.45, 7) is 3.97. The van der Waals surface area contributed by atoms with Crippen LogP contribution >= 0.6 is 11.3 Å². The van der Waals surface area contributed by atoms with E-state index < -0.39 is 0 Å². The predicted octanol–water partition coefficient (Wildman–Crippen LogP) is 4.11. The average molecular weight is 549 g/mol. The first-order valence-corrected chi connectivity index (χ1v) is 13.7. The summed E-state index contributed by atoms with van der Waals surface area (Å²) in [5.41, 5.74) is 3.86. The molecule has 3 aromatic heterocycles. The van der Waals surface area contributed by atoms with Crippen LogP contribution in [-0.2, 0) is 11.2 Å². The Bertz CT molecular complexity index is 1510. The molecule has 1 aliphatic heterocycles. The van der Waals surface area contributed by atoms with Crippen molar-refractivity contribution in [3.8, 4) is 5.75 Å². The first-order chi connectivity index (χ1) is 18.9. The maximum absolute atomic E-state index is 13.1. The van der Waals surface area contributed by atoms with Crippen LogP contribution in [0.2, 0.25) is 0 Å². The van der Waals surface area contributed by atoms with Crippen LogP contribution in [0.5, 0.6) is 5.75 Å². The second-order valence-electron chi connectivity index (χ2n) is 9.34. The van der Waals surface area contributed by atoms with Crippen molar-refractivity contribution in [1.29, 1.82) is 0 Å². The number of rotatable bonds is 10. The molecule has 4 heterocycles. The molecule has 0 saturated heterocycles. The highest BCUT2D eigenvalue weighted by Crippen LogP contribution is 2.39. The molecule has 0 spiro atoms. The number of carbonyl (C=O) groups is 2. The Morgan fingerprint density at radius 3 is 2.82 bits per heavy atom. The number of fused-ring (bicyclic) bond motifs is 2. The molecule has 0 saturated carbocycles. The second kappa shape index (κ2) is 11.3. The molecule has 4 aromatic rings. The van der Waals surface area contributed by atoms with Crippen molar-refractivity contribution < 1.29 is 14.3 Å². The maximum atomic E-state index is 13.1. The van der Waals surface area contributed by atoms with Gasteiger partial charge in [0, 0.05) is 25.5 Å². The van der Waals surface area contributed by atoms with Crippen LogP contribution in [0.1, 0.15) is 28.6 Å². The van der Waals surface area contributed by atoms with E-state index in [2.05, 4.69) is 32.8 Å².